The molecular weight excluding hydrogens is 416 g/mol. The summed E-state index contributed by atoms with van der Waals surface area (Å²) in [4.78, 5) is 35.5. The third-order valence-corrected chi connectivity index (χ3v) is 3.71. The first-order valence-electron chi connectivity index (χ1n) is 7.17. The lowest BCUT2D eigenvalue weighted by Gasteiger charge is -2.08. The normalized spacial score (nSPS) is 10.3. The summed E-state index contributed by atoms with van der Waals surface area (Å²) in [6.45, 7) is -3.63. The summed E-state index contributed by atoms with van der Waals surface area (Å²) in [6, 6.07) is 11.3. The number of hydrogen-bond acceptors (Lipinski definition) is 5. The summed E-state index contributed by atoms with van der Waals surface area (Å²) in [5.41, 5.74) is 0.290. The SMILES string of the molecule is O=C(COC(=O)c1ccccc1Br)NC(=O)c1ccc(OC(F)F)cc1. The van der Waals surface area contributed by atoms with Crippen LogP contribution in [0.5, 0.6) is 5.75 Å². The van der Waals surface area contributed by atoms with Crippen molar-refractivity contribution in [2.75, 3.05) is 6.61 Å². The number of esters is 1. The van der Waals surface area contributed by atoms with Crippen LogP contribution in [0.15, 0.2) is 53.0 Å². The van der Waals surface area contributed by atoms with Gasteiger partial charge in [0.25, 0.3) is 11.8 Å². The molecule has 0 radical (unpaired) electrons. The number of rotatable bonds is 6. The van der Waals surface area contributed by atoms with Gasteiger partial charge in [-0.1, -0.05) is 12.1 Å². The fourth-order valence-corrected chi connectivity index (χ4v) is 2.30. The minimum Gasteiger partial charge on any atom is -0.452 e. The van der Waals surface area contributed by atoms with E-state index in [0.717, 1.165) is 0 Å². The van der Waals surface area contributed by atoms with Crippen molar-refractivity contribution in [3.05, 3.63) is 64.1 Å². The highest BCUT2D eigenvalue weighted by Gasteiger charge is 2.15. The maximum atomic E-state index is 12.1. The number of imide groups is 1. The number of halogens is 3. The third-order valence-electron chi connectivity index (χ3n) is 3.02. The minimum atomic E-state index is -2.98. The second kappa shape index (κ2) is 9.04. The van der Waals surface area contributed by atoms with Gasteiger partial charge in [0.2, 0.25) is 0 Å². The fourth-order valence-electron chi connectivity index (χ4n) is 1.86. The Bertz CT molecular complexity index is 811. The first-order valence-corrected chi connectivity index (χ1v) is 7.97. The number of ether oxygens (including phenoxy) is 2. The molecule has 6 nitrogen and oxygen atoms in total. The Hall–Kier alpha value is -2.81. The molecule has 0 aliphatic rings. The van der Waals surface area contributed by atoms with Crippen molar-refractivity contribution in [3.63, 3.8) is 0 Å². The van der Waals surface area contributed by atoms with Crippen molar-refractivity contribution in [1.82, 2.24) is 5.32 Å². The van der Waals surface area contributed by atoms with Crippen LogP contribution in [0, 0.1) is 0 Å². The van der Waals surface area contributed by atoms with Crippen LogP contribution in [0.3, 0.4) is 0 Å². The van der Waals surface area contributed by atoms with Gasteiger partial charge in [-0.25, -0.2) is 4.79 Å². The zero-order chi connectivity index (χ0) is 19.1. The summed E-state index contributed by atoms with van der Waals surface area (Å²) in [5.74, 6) is -2.45. The van der Waals surface area contributed by atoms with Crippen LogP contribution in [0.2, 0.25) is 0 Å². The number of carbonyl (C=O) groups is 3. The van der Waals surface area contributed by atoms with Crippen LogP contribution in [-0.2, 0) is 9.53 Å². The van der Waals surface area contributed by atoms with Gasteiger partial charge in [-0.3, -0.25) is 14.9 Å². The first-order chi connectivity index (χ1) is 12.4. The zero-order valence-electron chi connectivity index (χ0n) is 13.1. The molecule has 0 saturated heterocycles. The Labute approximate surface area is 155 Å². The molecule has 0 heterocycles. The van der Waals surface area contributed by atoms with E-state index in [2.05, 4.69) is 20.7 Å². The predicted molar refractivity (Wildman–Crippen MR) is 90.0 cm³/mol. The largest absolute Gasteiger partial charge is 0.452 e. The average molecular weight is 428 g/mol. The molecule has 2 rings (SSSR count). The van der Waals surface area contributed by atoms with E-state index < -0.39 is 31.0 Å². The van der Waals surface area contributed by atoms with Crippen molar-refractivity contribution in [2.45, 2.75) is 6.61 Å². The quantitative estimate of drug-likeness (QED) is 0.716. The van der Waals surface area contributed by atoms with Gasteiger partial charge in [0, 0.05) is 10.0 Å². The molecule has 26 heavy (non-hydrogen) atoms. The summed E-state index contributed by atoms with van der Waals surface area (Å²) in [7, 11) is 0. The van der Waals surface area contributed by atoms with Gasteiger partial charge in [0.15, 0.2) is 6.61 Å². The second-order valence-electron chi connectivity index (χ2n) is 4.84. The number of benzene rings is 2. The molecule has 0 fully saturated rings. The second-order valence-corrected chi connectivity index (χ2v) is 5.69. The molecular formula is C17H12BrF2NO5. The van der Waals surface area contributed by atoms with Crippen molar-refractivity contribution in [2.24, 2.45) is 0 Å². The topological polar surface area (TPSA) is 81.7 Å². The van der Waals surface area contributed by atoms with E-state index in [1.807, 2.05) is 5.32 Å². The van der Waals surface area contributed by atoms with Gasteiger partial charge in [0.05, 0.1) is 5.56 Å². The van der Waals surface area contributed by atoms with E-state index in [1.54, 1.807) is 18.2 Å². The van der Waals surface area contributed by atoms with Gasteiger partial charge in [-0.05, 0) is 52.3 Å². The summed E-state index contributed by atoms with van der Waals surface area (Å²) < 4.78 is 33.6. The molecule has 9 heteroatoms. The molecule has 0 bridgehead atoms. The number of alkyl halides is 2. The smallest absolute Gasteiger partial charge is 0.387 e. The van der Waals surface area contributed by atoms with Gasteiger partial charge in [0.1, 0.15) is 5.75 Å². The highest BCUT2D eigenvalue weighted by molar-refractivity contribution is 9.10. The molecule has 0 unspecified atom stereocenters. The van der Waals surface area contributed by atoms with Crippen molar-refractivity contribution in [1.29, 1.82) is 0 Å². The number of hydrogen-bond donors (Lipinski definition) is 1. The fraction of sp³-hybridized carbons (Fsp3) is 0.118. The molecule has 0 saturated carbocycles. The first kappa shape index (κ1) is 19.5. The van der Waals surface area contributed by atoms with Gasteiger partial charge in [-0.15, -0.1) is 0 Å². The molecule has 0 atom stereocenters. The minimum absolute atomic E-state index is 0.0529. The maximum absolute atomic E-state index is 12.1. The Morgan fingerprint density at radius 3 is 2.31 bits per heavy atom. The molecule has 136 valence electrons. The monoisotopic (exact) mass is 427 g/mol. The van der Waals surface area contributed by atoms with Crippen LogP contribution in [-0.4, -0.2) is 31.0 Å². The van der Waals surface area contributed by atoms with Crippen LogP contribution >= 0.6 is 15.9 Å². The van der Waals surface area contributed by atoms with Crippen LogP contribution in [0.4, 0.5) is 8.78 Å². The summed E-state index contributed by atoms with van der Waals surface area (Å²) in [6.07, 6.45) is 0. The molecule has 0 aliphatic carbocycles. The van der Waals surface area contributed by atoms with Gasteiger partial charge < -0.3 is 9.47 Å². The van der Waals surface area contributed by atoms with E-state index in [1.165, 1.54) is 30.3 Å². The third kappa shape index (κ3) is 5.62. The van der Waals surface area contributed by atoms with Crippen LogP contribution < -0.4 is 10.1 Å². The average Bonchev–Trinajstić information content (AvgIpc) is 2.60. The molecule has 1 N–H and O–H groups in total. The highest BCUT2D eigenvalue weighted by atomic mass is 79.9. The number of carbonyl (C=O) groups excluding carboxylic acids is 3. The van der Waals surface area contributed by atoms with Crippen molar-refractivity contribution in [3.8, 4) is 5.75 Å². The van der Waals surface area contributed by atoms with Crippen LogP contribution in [0.25, 0.3) is 0 Å². The summed E-state index contributed by atoms with van der Waals surface area (Å²) in [5, 5.41) is 2.02. The Balaban J connectivity index is 1.86. The Morgan fingerprint density at radius 2 is 1.69 bits per heavy atom. The zero-order valence-corrected chi connectivity index (χ0v) is 14.7. The van der Waals surface area contributed by atoms with E-state index in [9.17, 15) is 23.2 Å². The molecule has 0 aliphatic heterocycles. The van der Waals surface area contributed by atoms with E-state index in [0.29, 0.717) is 4.47 Å². The van der Waals surface area contributed by atoms with Crippen molar-refractivity contribution >= 4 is 33.7 Å². The lowest BCUT2D eigenvalue weighted by atomic mass is 10.2. The predicted octanol–water partition coefficient (Wildman–Crippen LogP) is 3.16. The Morgan fingerprint density at radius 1 is 1.04 bits per heavy atom. The highest BCUT2D eigenvalue weighted by Crippen LogP contribution is 2.17. The van der Waals surface area contributed by atoms with E-state index >= 15 is 0 Å². The lowest BCUT2D eigenvalue weighted by molar-refractivity contribution is -0.123. The summed E-state index contributed by atoms with van der Waals surface area (Å²) >= 11 is 3.18. The lowest BCUT2D eigenvalue weighted by Crippen LogP contribution is -2.34. The van der Waals surface area contributed by atoms with Crippen molar-refractivity contribution < 1.29 is 32.6 Å². The number of amides is 2. The molecule has 2 aromatic rings. The maximum Gasteiger partial charge on any atom is 0.387 e. The number of nitrogens with one attached hydrogen (secondary N) is 1. The Kier molecular flexibility index (Phi) is 6.79. The van der Waals surface area contributed by atoms with Gasteiger partial charge >= 0.3 is 12.6 Å². The molecule has 2 aromatic carbocycles. The molecule has 0 spiro atoms. The molecule has 0 aromatic heterocycles. The van der Waals surface area contributed by atoms with Crippen LogP contribution in [0.1, 0.15) is 20.7 Å². The standard InChI is InChI=1S/C17H12BrF2NO5/c18-13-4-2-1-3-12(13)16(24)25-9-14(22)21-15(23)10-5-7-11(8-6-10)26-17(19)20/h1-8,17H,9H2,(H,21,22,23). The van der Waals surface area contributed by atoms with E-state index in [-0.39, 0.29) is 16.9 Å². The molecule has 2 amide bonds. The van der Waals surface area contributed by atoms with E-state index in [4.69, 9.17) is 4.74 Å². The van der Waals surface area contributed by atoms with Gasteiger partial charge in [-0.2, -0.15) is 8.78 Å².